The summed E-state index contributed by atoms with van der Waals surface area (Å²) in [4.78, 5) is 23.9. The predicted octanol–water partition coefficient (Wildman–Crippen LogP) is 2.16. The fraction of sp³-hybridized carbons (Fsp3) is 0.500. The van der Waals surface area contributed by atoms with Crippen LogP contribution in [-0.4, -0.2) is 20.2 Å². The molecule has 1 heterocycles. The predicted molar refractivity (Wildman–Crippen MR) is 80.6 cm³/mol. The average molecular weight is 288 g/mol. The lowest BCUT2D eigenvalue weighted by Crippen LogP contribution is -2.37. The average Bonchev–Trinajstić information content (AvgIpc) is 2.72. The Bertz CT molecular complexity index is 764. The molecule has 0 amide bonds. The second kappa shape index (κ2) is 4.76. The van der Waals surface area contributed by atoms with Crippen molar-refractivity contribution in [1.29, 1.82) is 0 Å². The molecule has 1 aliphatic rings. The smallest absolute Gasteiger partial charge is 0.328 e. The number of nitrogens with zero attached hydrogens (tertiary/aromatic N) is 2. The van der Waals surface area contributed by atoms with Gasteiger partial charge in [0.15, 0.2) is 0 Å². The Balaban J connectivity index is 2.22. The zero-order valence-electron chi connectivity index (χ0n) is 12.4. The van der Waals surface area contributed by atoms with E-state index in [9.17, 15) is 14.7 Å². The van der Waals surface area contributed by atoms with Gasteiger partial charge in [-0.25, -0.2) is 4.79 Å². The van der Waals surface area contributed by atoms with Gasteiger partial charge in [0, 0.05) is 14.1 Å². The summed E-state index contributed by atoms with van der Waals surface area (Å²) in [6.45, 7) is 0. The van der Waals surface area contributed by atoms with Crippen LogP contribution in [0.15, 0.2) is 23.0 Å². The summed E-state index contributed by atoms with van der Waals surface area (Å²) in [6.07, 6.45) is 4.33. The van der Waals surface area contributed by atoms with Crippen molar-refractivity contribution in [2.75, 3.05) is 0 Å². The van der Waals surface area contributed by atoms with E-state index >= 15 is 0 Å². The summed E-state index contributed by atoms with van der Waals surface area (Å²) in [5.41, 5.74) is 1.57. The molecule has 1 aliphatic carbocycles. The zero-order chi connectivity index (χ0) is 15.2. The molecular weight excluding hydrogens is 268 g/mol. The molecule has 0 bridgehead atoms. The van der Waals surface area contributed by atoms with E-state index in [0.29, 0.717) is 12.8 Å². The van der Waals surface area contributed by atoms with E-state index in [0.717, 1.165) is 35.9 Å². The molecule has 1 saturated carbocycles. The molecule has 0 spiro atoms. The fourth-order valence-electron chi connectivity index (χ4n) is 3.59. The Labute approximate surface area is 122 Å². The van der Waals surface area contributed by atoms with E-state index in [-0.39, 0.29) is 5.69 Å². The van der Waals surface area contributed by atoms with Crippen LogP contribution in [0.2, 0.25) is 0 Å². The second-order valence-electron chi connectivity index (χ2n) is 6.05. The van der Waals surface area contributed by atoms with Gasteiger partial charge in [0.05, 0.1) is 16.4 Å². The van der Waals surface area contributed by atoms with Crippen molar-refractivity contribution >= 4 is 17.0 Å². The number of carboxylic acid groups (broad SMARTS) is 1. The third-order valence-corrected chi connectivity index (χ3v) is 4.94. The van der Waals surface area contributed by atoms with Crippen LogP contribution in [0.5, 0.6) is 0 Å². The van der Waals surface area contributed by atoms with Crippen LogP contribution in [0.25, 0.3) is 11.0 Å². The summed E-state index contributed by atoms with van der Waals surface area (Å²) in [5, 5.41) is 9.77. The third kappa shape index (κ3) is 1.91. The van der Waals surface area contributed by atoms with Gasteiger partial charge in [-0.1, -0.05) is 25.3 Å². The van der Waals surface area contributed by atoms with E-state index in [1.54, 1.807) is 23.2 Å². The number of benzene rings is 1. The van der Waals surface area contributed by atoms with Gasteiger partial charge in [0.2, 0.25) is 0 Å². The minimum Gasteiger partial charge on any atom is -0.481 e. The van der Waals surface area contributed by atoms with Crippen LogP contribution in [0.3, 0.4) is 0 Å². The second-order valence-corrected chi connectivity index (χ2v) is 6.05. The molecule has 21 heavy (non-hydrogen) atoms. The first-order chi connectivity index (χ1) is 9.97. The molecule has 2 aromatic rings. The Hall–Kier alpha value is -2.04. The summed E-state index contributed by atoms with van der Waals surface area (Å²) in [6, 6.07) is 5.63. The maximum absolute atomic E-state index is 12.0. The number of imidazole rings is 1. The number of aliphatic carboxylic acids is 1. The molecule has 5 nitrogen and oxygen atoms in total. The summed E-state index contributed by atoms with van der Waals surface area (Å²) < 4.78 is 3.17. The van der Waals surface area contributed by atoms with E-state index in [1.807, 2.05) is 18.2 Å². The number of carbonyl (C=O) groups is 1. The van der Waals surface area contributed by atoms with Crippen molar-refractivity contribution < 1.29 is 9.90 Å². The highest BCUT2D eigenvalue weighted by molar-refractivity contribution is 5.85. The van der Waals surface area contributed by atoms with Gasteiger partial charge in [-0.2, -0.15) is 0 Å². The van der Waals surface area contributed by atoms with Crippen molar-refractivity contribution in [3.63, 3.8) is 0 Å². The van der Waals surface area contributed by atoms with Crippen LogP contribution < -0.4 is 5.69 Å². The van der Waals surface area contributed by atoms with Crippen LogP contribution in [0.4, 0.5) is 0 Å². The van der Waals surface area contributed by atoms with Gasteiger partial charge >= 0.3 is 11.7 Å². The molecular formula is C16H20N2O3. The van der Waals surface area contributed by atoms with Gasteiger partial charge < -0.3 is 5.11 Å². The molecule has 0 unspecified atom stereocenters. The standard InChI is InChI=1S/C16H20N2O3/c1-17-12-7-6-11(10-13(12)18(2)15(17)21)16(14(19)20)8-4-3-5-9-16/h6-7,10H,3-5,8-9H2,1-2H3,(H,19,20). The van der Waals surface area contributed by atoms with Gasteiger partial charge in [0.1, 0.15) is 0 Å². The van der Waals surface area contributed by atoms with E-state index < -0.39 is 11.4 Å². The van der Waals surface area contributed by atoms with Crippen LogP contribution in [0.1, 0.15) is 37.7 Å². The summed E-state index contributed by atoms with van der Waals surface area (Å²) in [5.74, 6) is -0.748. The van der Waals surface area contributed by atoms with Crippen molar-refractivity contribution in [1.82, 2.24) is 9.13 Å². The first-order valence-corrected chi connectivity index (χ1v) is 7.37. The molecule has 0 atom stereocenters. The van der Waals surface area contributed by atoms with Gasteiger partial charge in [-0.05, 0) is 30.5 Å². The number of rotatable bonds is 2. The Kier molecular flexibility index (Phi) is 3.15. The van der Waals surface area contributed by atoms with Crippen LogP contribution in [0, 0.1) is 0 Å². The van der Waals surface area contributed by atoms with E-state index in [2.05, 4.69) is 0 Å². The number of aryl methyl sites for hydroxylation is 2. The normalized spacial score (nSPS) is 18.0. The fourth-order valence-corrected chi connectivity index (χ4v) is 3.59. The molecule has 5 heteroatoms. The minimum atomic E-state index is -0.793. The number of carboxylic acids is 1. The molecule has 0 aliphatic heterocycles. The molecule has 112 valence electrons. The van der Waals surface area contributed by atoms with E-state index in [4.69, 9.17) is 0 Å². The third-order valence-electron chi connectivity index (χ3n) is 4.94. The van der Waals surface area contributed by atoms with E-state index in [1.165, 1.54) is 0 Å². The highest BCUT2D eigenvalue weighted by atomic mass is 16.4. The molecule has 3 rings (SSSR count). The monoisotopic (exact) mass is 288 g/mol. The van der Waals surface area contributed by atoms with Gasteiger partial charge in [-0.3, -0.25) is 13.9 Å². The molecule has 1 N–H and O–H groups in total. The SMILES string of the molecule is Cn1c(=O)n(C)c2cc(C3(C(=O)O)CCCCC3)ccc21. The summed E-state index contributed by atoms with van der Waals surface area (Å²) in [7, 11) is 3.46. The maximum atomic E-state index is 12.0. The van der Waals surface area contributed by atoms with Crippen LogP contribution in [-0.2, 0) is 24.3 Å². The molecule has 1 aromatic carbocycles. The molecule has 0 saturated heterocycles. The van der Waals surface area contributed by atoms with Crippen molar-refractivity contribution in [2.24, 2.45) is 14.1 Å². The van der Waals surface area contributed by atoms with Gasteiger partial charge in [-0.15, -0.1) is 0 Å². The number of hydrogen-bond donors (Lipinski definition) is 1. The Morgan fingerprint density at radius 2 is 1.71 bits per heavy atom. The van der Waals surface area contributed by atoms with Gasteiger partial charge in [0.25, 0.3) is 0 Å². The highest BCUT2D eigenvalue weighted by Gasteiger charge is 2.41. The van der Waals surface area contributed by atoms with Crippen molar-refractivity contribution in [3.8, 4) is 0 Å². The van der Waals surface area contributed by atoms with Crippen molar-refractivity contribution in [3.05, 3.63) is 34.2 Å². The largest absolute Gasteiger partial charge is 0.481 e. The Morgan fingerprint density at radius 3 is 2.33 bits per heavy atom. The molecule has 1 aromatic heterocycles. The van der Waals surface area contributed by atoms with Crippen molar-refractivity contribution in [2.45, 2.75) is 37.5 Å². The minimum absolute atomic E-state index is 0.0878. The topological polar surface area (TPSA) is 64.2 Å². The Morgan fingerprint density at radius 1 is 1.10 bits per heavy atom. The summed E-state index contributed by atoms with van der Waals surface area (Å²) >= 11 is 0. The van der Waals surface area contributed by atoms with Crippen LogP contribution >= 0.6 is 0 Å². The highest BCUT2D eigenvalue weighted by Crippen LogP contribution is 2.40. The first-order valence-electron chi connectivity index (χ1n) is 7.37. The molecule has 1 fully saturated rings. The lowest BCUT2D eigenvalue weighted by atomic mass is 9.69. The maximum Gasteiger partial charge on any atom is 0.328 e. The quantitative estimate of drug-likeness (QED) is 0.921. The number of aromatic nitrogens is 2. The lowest BCUT2D eigenvalue weighted by Gasteiger charge is -2.33. The number of fused-ring (bicyclic) bond motifs is 1. The first kappa shape index (κ1) is 13.9. The lowest BCUT2D eigenvalue weighted by molar-refractivity contribution is -0.145. The zero-order valence-corrected chi connectivity index (χ0v) is 12.4. The molecule has 0 radical (unpaired) electrons. The number of hydrogen-bond acceptors (Lipinski definition) is 2.